The van der Waals surface area contributed by atoms with E-state index in [0.717, 1.165) is 42.2 Å². The van der Waals surface area contributed by atoms with Crippen molar-refractivity contribution in [1.29, 1.82) is 5.26 Å². The quantitative estimate of drug-likeness (QED) is 0.491. The summed E-state index contributed by atoms with van der Waals surface area (Å²) in [5.74, 6) is 4.68. The number of piperidine rings is 2. The lowest BCUT2D eigenvalue weighted by Crippen LogP contribution is -2.59. The number of hydrogen-bond donors (Lipinski definition) is 4. The van der Waals surface area contributed by atoms with Gasteiger partial charge in [-0.05, 0) is 140 Å². The van der Waals surface area contributed by atoms with Gasteiger partial charge >= 0.3 is 0 Å². The molecule has 6 fully saturated rings. The van der Waals surface area contributed by atoms with Gasteiger partial charge in [-0.15, -0.1) is 0 Å². The van der Waals surface area contributed by atoms with Crippen molar-refractivity contribution < 1.29 is 0 Å². The fourth-order valence-electron chi connectivity index (χ4n) is 9.38. The summed E-state index contributed by atoms with van der Waals surface area (Å²) in [6.07, 6.45) is 15.5. The molecule has 0 spiro atoms. The van der Waals surface area contributed by atoms with Crippen molar-refractivity contribution in [2.75, 3.05) is 26.2 Å². The molecule has 35 heavy (non-hydrogen) atoms. The Morgan fingerprint density at radius 3 is 2.23 bits per heavy atom. The molecule has 6 rings (SSSR count). The standard InChI is InChI=1S/C29H50N6/c1-29(2,18-30)22-9-5-19(6-10-22)28-27-23-15-20(7-11-24(23)31-17-25(27)33-34-28)21-8-12-26(32-16-21)35-13-3-4-14-35/h19-28,31-34H,3-17H2,1-2H3. The van der Waals surface area contributed by atoms with E-state index in [4.69, 9.17) is 0 Å². The molecule has 0 aromatic carbocycles. The van der Waals surface area contributed by atoms with E-state index in [9.17, 15) is 5.26 Å². The zero-order valence-corrected chi connectivity index (χ0v) is 22.3. The largest absolute Gasteiger partial charge is 0.312 e. The minimum Gasteiger partial charge on any atom is -0.312 e. The summed E-state index contributed by atoms with van der Waals surface area (Å²) in [6.45, 7) is 9.28. The number of likely N-dealkylation sites (tertiary alicyclic amines) is 1. The third-order valence-electron chi connectivity index (χ3n) is 11.6. The van der Waals surface area contributed by atoms with Gasteiger partial charge in [0.15, 0.2) is 0 Å². The average molecular weight is 483 g/mol. The smallest absolute Gasteiger partial charge is 0.0686 e. The summed E-state index contributed by atoms with van der Waals surface area (Å²) in [6, 6.07) is 4.51. The number of rotatable bonds is 4. The lowest BCUT2D eigenvalue weighted by atomic mass is 9.60. The second-order valence-electron chi connectivity index (χ2n) is 13.7. The van der Waals surface area contributed by atoms with E-state index in [0.29, 0.717) is 24.2 Å². The second kappa shape index (κ2) is 10.2. The van der Waals surface area contributed by atoms with Gasteiger partial charge in [-0.1, -0.05) is 0 Å². The first-order valence-corrected chi connectivity index (χ1v) is 15.2. The van der Waals surface area contributed by atoms with Crippen molar-refractivity contribution in [3.63, 3.8) is 0 Å². The van der Waals surface area contributed by atoms with Crippen molar-refractivity contribution in [3.05, 3.63) is 0 Å². The van der Waals surface area contributed by atoms with E-state index in [1.54, 1.807) is 0 Å². The van der Waals surface area contributed by atoms with E-state index in [2.05, 4.69) is 46.3 Å². The fourth-order valence-corrected chi connectivity index (χ4v) is 9.38. The maximum Gasteiger partial charge on any atom is 0.0686 e. The second-order valence-corrected chi connectivity index (χ2v) is 13.7. The van der Waals surface area contributed by atoms with Gasteiger partial charge in [-0.2, -0.15) is 5.26 Å². The maximum absolute atomic E-state index is 9.62. The molecule has 0 aromatic heterocycles. The Morgan fingerprint density at radius 1 is 0.771 bits per heavy atom. The molecule has 2 aliphatic carbocycles. The van der Waals surface area contributed by atoms with Crippen LogP contribution >= 0.6 is 0 Å². The molecular weight excluding hydrogens is 432 g/mol. The van der Waals surface area contributed by atoms with Gasteiger partial charge in [0.2, 0.25) is 0 Å². The third kappa shape index (κ3) is 4.81. The predicted molar refractivity (Wildman–Crippen MR) is 140 cm³/mol. The highest BCUT2D eigenvalue weighted by atomic mass is 15.4. The number of hydrogen-bond acceptors (Lipinski definition) is 6. The molecule has 196 valence electrons. The molecular formula is C29H50N6. The Balaban J connectivity index is 1.08. The van der Waals surface area contributed by atoms with Gasteiger partial charge in [0.1, 0.15) is 0 Å². The molecule has 0 bridgehead atoms. The summed E-state index contributed by atoms with van der Waals surface area (Å²) < 4.78 is 0. The van der Waals surface area contributed by atoms with Crippen LogP contribution in [0.2, 0.25) is 0 Å². The van der Waals surface area contributed by atoms with Crippen LogP contribution in [-0.2, 0) is 0 Å². The Morgan fingerprint density at radius 2 is 1.51 bits per heavy atom. The molecule has 2 saturated carbocycles. The minimum atomic E-state index is -0.173. The van der Waals surface area contributed by atoms with Crippen molar-refractivity contribution >= 4 is 0 Å². The molecule has 6 heteroatoms. The molecule has 6 aliphatic rings. The van der Waals surface area contributed by atoms with Gasteiger partial charge < -0.3 is 10.6 Å². The van der Waals surface area contributed by atoms with Crippen LogP contribution in [0.1, 0.15) is 84.5 Å². The third-order valence-corrected chi connectivity index (χ3v) is 11.6. The summed E-state index contributed by atoms with van der Waals surface area (Å²) >= 11 is 0. The molecule has 4 saturated heterocycles. The maximum atomic E-state index is 9.62. The van der Waals surface area contributed by atoms with Crippen LogP contribution in [-0.4, -0.2) is 55.4 Å². The lowest BCUT2D eigenvalue weighted by molar-refractivity contribution is 0.0376. The van der Waals surface area contributed by atoms with Gasteiger partial charge in [0, 0.05) is 24.7 Å². The highest BCUT2D eigenvalue weighted by Gasteiger charge is 2.52. The first kappa shape index (κ1) is 24.6. The Hall–Kier alpha value is -0.710. The van der Waals surface area contributed by atoms with E-state index in [1.807, 2.05) is 0 Å². The number of fused-ring (bicyclic) bond motifs is 3. The first-order valence-electron chi connectivity index (χ1n) is 15.2. The fraction of sp³-hybridized carbons (Fsp3) is 0.966. The molecule has 8 unspecified atom stereocenters. The van der Waals surface area contributed by atoms with Gasteiger partial charge in [-0.3, -0.25) is 15.8 Å². The summed E-state index contributed by atoms with van der Waals surface area (Å²) in [4.78, 5) is 2.70. The highest BCUT2D eigenvalue weighted by Crippen LogP contribution is 2.48. The van der Waals surface area contributed by atoms with E-state index >= 15 is 0 Å². The van der Waals surface area contributed by atoms with Crippen LogP contribution in [0, 0.1) is 52.3 Å². The molecule has 4 N–H and O–H groups in total. The lowest BCUT2D eigenvalue weighted by Gasteiger charge is -2.50. The predicted octanol–water partition coefficient (Wildman–Crippen LogP) is 3.61. The average Bonchev–Trinajstić information content (AvgIpc) is 3.59. The molecule has 0 amide bonds. The normalized spacial score (nSPS) is 47.1. The molecule has 4 heterocycles. The van der Waals surface area contributed by atoms with Gasteiger partial charge in [0.05, 0.1) is 17.6 Å². The molecule has 8 atom stereocenters. The van der Waals surface area contributed by atoms with Crippen molar-refractivity contribution in [2.24, 2.45) is 40.9 Å². The zero-order valence-electron chi connectivity index (χ0n) is 22.3. The Labute approximate surface area is 213 Å². The highest BCUT2D eigenvalue weighted by molar-refractivity contribution is 5.08. The van der Waals surface area contributed by atoms with Crippen LogP contribution in [0.15, 0.2) is 0 Å². The molecule has 6 nitrogen and oxygen atoms in total. The summed E-state index contributed by atoms with van der Waals surface area (Å²) in [5, 5.41) is 17.6. The monoisotopic (exact) mass is 482 g/mol. The van der Waals surface area contributed by atoms with Crippen molar-refractivity contribution in [1.82, 2.24) is 26.4 Å². The van der Waals surface area contributed by atoms with Crippen LogP contribution in [0.3, 0.4) is 0 Å². The van der Waals surface area contributed by atoms with Crippen molar-refractivity contribution in [2.45, 2.75) is 109 Å². The summed E-state index contributed by atoms with van der Waals surface area (Å²) in [5.41, 5.74) is 7.39. The van der Waals surface area contributed by atoms with E-state index in [-0.39, 0.29) is 5.41 Å². The summed E-state index contributed by atoms with van der Waals surface area (Å²) in [7, 11) is 0. The number of nitrogens with one attached hydrogen (secondary N) is 4. The molecule has 4 aliphatic heterocycles. The topological polar surface area (TPSA) is 75.2 Å². The van der Waals surface area contributed by atoms with Gasteiger partial charge in [0.25, 0.3) is 0 Å². The van der Waals surface area contributed by atoms with Crippen LogP contribution in [0.4, 0.5) is 0 Å². The van der Waals surface area contributed by atoms with Crippen LogP contribution in [0.25, 0.3) is 0 Å². The van der Waals surface area contributed by atoms with Crippen LogP contribution < -0.4 is 21.5 Å². The van der Waals surface area contributed by atoms with E-state index in [1.165, 1.54) is 90.3 Å². The molecule has 0 radical (unpaired) electrons. The number of nitriles is 1. The minimum absolute atomic E-state index is 0.173. The SMILES string of the molecule is CC(C)(C#N)C1CCC(C2NNC3CNC4CCC(C5CCC(N6CCCC6)NC5)CC4C32)CC1. The van der Waals surface area contributed by atoms with Gasteiger partial charge in [-0.25, -0.2) is 0 Å². The van der Waals surface area contributed by atoms with Crippen molar-refractivity contribution in [3.8, 4) is 6.07 Å². The van der Waals surface area contributed by atoms with E-state index < -0.39 is 0 Å². The number of hydrazine groups is 1. The molecule has 0 aromatic rings. The number of nitrogens with zero attached hydrogens (tertiary/aromatic N) is 2. The Kier molecular flexibility index (Phi) is 7.18. The first-order chi connectivity index (χ1) is 17.0. The van der Waals surface area contributed by atoms with Crippen LogP contribution in [0.5, 0.6) is 0 Å². The zero-order chi connectivity index (χ0) is 24.0. The Bertz CT molecular complexity index is 756.